The van der Waals surface area contributed by atoms with Crippen molar-refractivity contribution in [3.8, 4) is 11.5 Å². The number of Topliss-reactive ketones (excluding diaryl/α,β-unsaturated/α-hetero) is 1. The highest BCUT2D eigenvalue weighted by Gasteiger charge is 2.14. The number of aliphatic hydroxyl groups excluding tert-OH is 1. The summed E-state index contributed by atoms with van der Waals surface area (Å²) in [6.07, 6.45) is 1.07. The average Bonchev–Trinajstić information content (AvgIpc) is 2.98. The van der Waals surface area contributed by atoms with Crippen LogP contribution in [0.5, 0.6) is 11.5 Å². The summed E-state index contributed by atoms with van der Waals surface area (Å²) >= 11 is 1.40. The van der Waals surface area contributed by atoms with E-state index in [9.17, 15) is 9.90 Å². The SMILES string of the molecule is C=CCn1c(C)nnc1SCC(O)COc1ccc(C(C)=O)cc1OC. The fourth-order valence-corrected chi connectivity index (χ4v) is 3.12. The van der Waals surface area contributed by atoms with E-state index in [0.29, 0.717) is 29.4 Å². The van der Waals surface area contributed by atoms with E-state index >= 15 is 0 Å². The van der Waals surface area contributed by atoms with Crippen molar-refractivity contribution in [2.24, 2.45) is 0 Å². The molecule has 1 unspecified atom stereocenters. The van der Waals surface area contributed by atoms with Gasteiger partial charge in [-0.15, -0.1) is 16.8 Å². The normalized spacial score (nSPS) is 11.8. The van der Waals surface area contributed by atoms with E-state index in [2.05, 4.69) is 16.8 Å². The number of nitrogens with zero attached hydrogens (tertiary/aromatic N) is 3. The topological polar surface area (TPSA) is 86.5 Å². The maximum Gasteiger partial charge on any atom is 0.191 e. The summed E-state index contributed by atoms with van der Waals surface area (Å²) in [6, 6.07) is 4.96. The lowest BCUT2D eigenvalue weighted by Gasteiger charge is -2.15. The van der Waals surface area contributed by atoms with Gasteiger partial charge in [-0.2, -0.15) is 0 Å². The summed E-state index contributed by atoms with van der Waals surface area (Å²) < 4.78 is 12.8. The molecule has 0 aliphatic carbocycles. The molecule has 1 aromatic carbocycles. The number of aromatic nitrogens is 3. The molecule has 0 amide bonds. The van der Waals surface area contributed by atoms with E-state index in [0.717, 1.165) is 11.0 Å². The van der Waals surface area contributed by atoms with Crippen LogP contribution < -0.4 is 9.47 Å². The van der Waals surface area contributed by atoms with Crippen molar-refractivity contribution in [1.82, 2.24) is 14.8 Å². The van der Waals surface area contributed by atoms with Crippen LogP contribution in [0.15, 0.2) is 36.0 Å². The molecule has 26 heavy (non-hydrogen) atoms. The highest BCUT2D eigenvalue weighted by atomic mass is 32.2. The number of thioether (sulfide) groups is 1. The fraction of sp³-hybridized carbons (Fsp3) is 0.389. The highest BCUT2D eigenvalue weighted by molar-refractivity contribution is 7.99. The Balaban J connectivity index is 1.92. The van der Waals surface area contributed by atoms with E-state index < -0.39 is 6.10 Å². The Bertz CT molecular complexity index is 776. The van der Waals surface area contributed by atoms with Gasteiger partial charge in [0.2, 0.25) is 0 Å². The Labute approximate surface area is 157 Å². The molecule has 0 fully saturated rings. The standard InChI is InChI=1S/C18H23N3O4S/c1-5-8-21-13(3)19-20-18(21)26-11-15(23)10-25-16-7-6-14(12(2)22)9-17(16)24-4/h5-7,9,15,23H,1,8,10-11H2,2-4H3. The predicted octanol–water partition coefficient (Wildman–Crippen LogP) is 2.52. The predicted molar refractivity (Wildman–Crippen MR) is 100 cm³/mol. The third kappa shape index (κ3) is 5.09. The minimum absolute atomic E-state index is 0.0507. The second-order valence-corrected chi connectivity index (χ2v) is 6.61. The second-order valence-electron chi connectivity index (χ2n) is 5.63. The molecule has 0 radical (unpaired) electrons. The first-order valence-corrected chi connectivity index (χ1v) is 9.08. The minimum Gasteiger partial charge on any atom is -0.493 e. The Kier molecular flexibility index (Phi) is 7.23. The molecule has 0 spiro atoms. The lowest BCUT2D eigenvalue weighted by Crippen LogP contribution is -2.20. The van der Waals surface area contributed by atoms with E-state index in [1.54, 1.807) is 24.3 Å². The number of hydrogen-bond acceptors (Lipinski definition) is 7. The second kappa shape index (κ2) is 9.40. The van der Waals surface area contributed by atoms with Crippen LogP contribution in [0.3, 0.4) is 0 Å². The molecule has 0 bridgehead atoms. The van der Waals surface area contributed by atoms with Gasteiger partial charge in [-0.05, 0) is 32.0 Å². The molecule has 0 aliphatic heterocycles. The number of ketones is 1. The van der Waals surface area contributed by atoms with Gasteiger partial charge in [-0.25, -0.2) is 0 Å². The molecule has 8 heteroatoms. The van der Waals surface area contributed by atoms with Crippen molar-refractivity contribution >= 4 is 17.5 Å². The number of ether oxygens (including phenoxy) is 2. The van der Waals surface area contributed by atoms with Gasteiger partial charge < -0.3 is 19.1 Å². The van der Waals surface area contributed by atoms with Crippen LogP contribution in [0.1, 0.15) is 23.1 Å². The average molecular weight is 377 g/mol. The van der Waals surface area contributed by atoms with Gasteiger partial charge >= 0.3 is 0 Å². The number of hydrogen-bond donors (Lipinski definition) is 1. The zero-order valence-corrected chi connectivity index (χ0v) is 16.0. The number of benzene rings is 1. The van der Waals surface area contributed by atoms with E-state index in [1.807, 2.05) is 11.5 Å². The van der Waals surface area contributed by atoms with Gasteiger partial charge in [-0.3, -0.25) is 4.79 Å². The Morgan fingerprint density at radius 3 is 2.85 bits per heavy atom. The summed E-state index contributed by atoms with van der Waals surface area (Å²) in [4.78, 5) is 11.4. The Morgan fingerprint density at radius 2 is 2.19 bits per heavy atom. The van der Waals surface area contributed by atoms with Crippen molar-refractivity contribution in [1.29, 1.82) is 0 Å². The summed E-state index contributed by atoms with van der Waals surface area (Å²) in [6.45, 7) is 7.80. The first-order valence-electron chi connectivity index (χ1n) is 8.09. The number of rotatable bonds is 10. The summed E-state index contributed by atoms with van der Waals surface area (Å²) in [5.74, 6) is 2.09. The van der Waals surface area contributed by atoms with Crippen LogP contribution in [0.2, 0.25) is 0 Å². The molecular weight excluding hydrogens is 354 g/mol. The molecule has 1 N–H and O–H groups in total. The summed E-state index contributed by atoms with van der Waals surface area (Å²) in [7, 11) is 1.51. The molecule has 2 aromatic rings. The van der Waals surface area contributed by atoms with E-state index in [1.165, 1.54) is 25.8 Å². The van der Waals surface area contributed by atoms with Gasteiger partial charge in [-0.1, -0.05) is 17.8 Å². The van der Waals surface area contributed by atoms with E-state index in [-0.39, 0.29) is 12.4 Å². The van der Waals surface area contributed by atoms with Crippen molar-refractivity contribution in [2.45, 2.75) is 31.7 Å². The Hall–Kier alpha value is -2.32. The number of aryl methyl sites for hydroxylation is 1. The molecule has 7 nitrogen and oxygen atoms in total. The minimum atomic E-state index is -0.702. The van der Waals surface area contributed by atoms with Crippen molar-refractivity contribution in [3.05, 3.63) is 42.2 Å². The number of methoxy groups -OCH3 is 1. The van der Waals surface area contributed by atoms with Crippen molar-refractivity contribution in [3.63, 3.8) is 0 Å². The molecule has 1 aromatic heterocycles. The molecular formula is C18H23N3O4S. The number of carbonyl (C=O) groups excluding carboxylic acids is 1. The monoisotopic (exact) mass is 377 g/mol. The van der Waals surface area contributed by atoms with Crippen LogP contribution in [0, 0.1) is 6.92 Å². The lowest BCUT2D eigenvalue weighted by molar-refractivity contribution is 0.101. The first-order chi connectivity index (χ1) is 12.5. The number of allylic oxidation sites excluding steroid dienone is 1. The largest absolute Gasteiger partial charge is 0.493 e. The maximum absolute atomic E-state index is 11.4. The molecule has 1 heterocycles. The van der Waals surface area contributed by atoms with Crippen LogP contribution in [0.25, 0.3) is 0 Å². The van der Waals surface area contributed by atoms with Crippen LogP contribution in [-0.4, -0.2) is 51.2 Å². The van der Waals surface area contributed by atoms with Gasteiger partial charge in [0, 0.05) is 17.9 Å². The number of carbonyl (C=O) groups is 1. The number of aliphatic hydroxyl groups is 1. The molecule has 2 rings (SSSR count). The maximum atomic E-state index is 11.4. The zero-order valence-electron chi connectivity index (χ0n) is 15.1. The smallest absolute Gasteiger partial charge is 0.191 e. The Morgan fingerprint density at radius 1 is 1.42 bits per heavy atom. The van der Waals surface area contributed by atoms with Crippen LogP contribution in [-0.2, 0) is 6.54 Å². The molecule has 0 aliphatic rings. The van der Waals surface area contributed by atoms with Gasteiger partial charge in [0.1, 0.15) is 12.4 Å². The molecule has 0 saturated carbocycles. The summed E-state index contributed by atoms with van der Waals surface area (Å²) in [5.41, 5.74) is 0.544. The zero-order chi connectivity index (χ0) is 19.1. The van der Waals surface area contributed by atoms with Gasteiger partial charge in [0.15, 0.2) is 22.4 Å². The summed E-state index contributed by atoms with van der Waals surface area (Å²) in [5, 5.41) is 19.1. The first kappa shape index (κ1) is 20.0. The fourth-order valence-electron chi connectivity index (χ4n) is 2.22. The van der Waals surface area contributed by atoms with E-state index in [4.69, 9.17) is 9.47 Å². The highest BCUT2D eigenvalue weighted by Crippen LogP contribution is 2.28. The van der Waals surface area contributed by atoms with Crippen LogP contribution in [0.4, 0.5) is 0 Å². The van der Waals surface area contributed by atoms with Crippen molar-refractivity contribution in [2.75, 3.05) is 19.5 Å². The third-order valence-electron chi connectivity index (χ3n) is 3.62. The van der Waals surface area contributed by atoms with Gasteiger partial charge in [0.05, 0.1) is 13.2 Å². The van der Waals surface area contributed by atoms with Crippen LogP contribution >= 0.6 is 11.8 Å². The third-order valence-corrected chi connectivity index (χ3v) is 4.73. The molecule has 0 saturated heterocycles. The molecule has 1 atom stereocenters. The quantitative estimate of drug-likeness (QED) is 0.387. The van der Waals surface area contributed by atoms with Crippen molar-refractivity contribution < 1.29 is 19.4 Å². The molecule has 140 valence electrons. The van der Waals surface area contributed by atoms with Gasteiger partial charge in [0.25, 0.3) is 0 Å². The lowest BCUT2D eigenvalue weighted by atomic mass is 10.1.